The van der Waals surface area contributed by atoms with Crippen LogP contribution in [0.15, 0.2) is 48.5 Å². The zero-order valence-corrected chi connectivity index (χ0v) is 12.7. The predicted octanol–water partition coefficient (Wildman–Crippen LogP) is 3.63. The van der Waals surface area contributed by atoms with Crippen LogP contribution in [0.2, 0.25) is 0 Å². The molecule has 0 saturated carbocycles. The molecule has 0 aromatic heterocycles. The Morgan fingerprint density at radius 1 is 1.14 bits per heavy atom. The van der Waals surface area contributed by atoms with Gasteiger partial charge in [0.25, 0.3) is 5.91 Å². The van der Waals surface area contributed by atoms with Gasteiger partial charge >= 0.3 is 0 Å². The summed E-state index contributed by atoms with van der Waals surface area (Å²) in [7, 11) is 0. The highest BCUT2D eigenvalue weighted by Gasteiger charge is 2.15. The van der Waals surface area contributed by atoms with E-state index >= 15 is 0 Å². The highest BCUT2D eigenvalue weighted by molar-refractivity contribution is 5.94. The number of carbonyl (C=O) groups excluding carboxylic acids is 1. The Hall–Kier alpha value is -2.29. The standard InChI is InChI=1S/C18H22N2O/c1-3-11-20(13-15-7-5-4-6-8-15)18(21)16-9-10-17(19)14(2)12-16/h4-10,12H,3,11,13,19H2,1-2H3. The summed E-state index contributed by atoms with van der Waals surface area (Å²) in [5.41, 5.74) is 9.33. The summed E-state index contributed by atoms with van der Waals surface area (Å²) in [5.74, 6) is 0.0591. The maximum atomic E-state index is 12.7. The molecule has 0 unspecified atom stereocenters. The number of amides is 1. The third kappa shape index (κ3) is 3.85. The summed E-state index contributed by atoms with van der Waals surface area (Å²) in [6.07, 6.45) is 0.937. The van der Waals surface area contributed by atoms with Gasteiger partial charge in [-0.15, -0.1) is 0 Å². The van der Waals surface area contributed by atoms with E-state index in [2.05, 4.69) is 6.92 Å². The van der Waals surface area contributed by atoms with Crippen molar-refractivity contribution in [3.63, 3.8) is 0 Å². The SMILES string of the molecule is CCCN(Cc1ccccc1)C(=O)c1ccc(N)c(C)c1. The first-order chi connectivity index (χ1) is 10.1. The number of anilines is 1. The molecule has 21 heavy (non-hydrogen) atoms. The smallest absolute Gasteiger partial charge is 0.254 e. The molecule has 0 spiro atoms. The molecule has 0 aliphatic rings. The van der Waals surface area contributed by atoms with E-state index in [-0.39, 0.29) is 5.91 Å². The molecule has 0 aliphatic carbocycles. The third-order valence-corrected chi connectivity index (χ3v) is 3.51. The van der Waals surface area contributed by atoms with Crippen LogP contribution in [0.4, 0.5) is 5.69 Å². The van der Waals surface area contributed by atoms with Crippen molar-refractivity contribution in [1.82, 2.24) is 4.90 Å². The summed E-state index contributed by atoms with van der Waals surface area (Å²) >= 11 is 0. The minimum absolute atomic E-state index is 0.0591. The fourth-order valence-electron chi connectivity index (χ4n) is 2.32. The van der Waals surface area contributed by atoms with Gasteiger partial charge in [-0.1, -0.05) is 37.3 Å². The van der Waals surface area contributed by atoms with Crippen LogP contribution in [0, 0.1) is 6.92 Å². The number of nitrogen functional groups attached to an aromatic ring is 1. The summed E-state index contributed by atoms with van der Waals surface area (Å²) in [6.45, 7) is 5.39. The van der Waals surface area contributed by atoms with Crippen molar-refractivity contribution in [2.45, 2.75) is 26.8 Å². The number of benzene rings is 2. The van der Waals surface area contributed by atoms with Gasteiger partial charge in [-0.3, -0.25) is 4.79 Å². The first kappa shape index (κ1) is 15.1. The van der Waals surface area contributed by atoms with E-state index in [0.717, 1.165) is 29.8 Å². The van der Waals surface area contributed by atoms with Crippen molar-refractivity contribution in [3.05, 3.63) is 65.2 Å². The Balaban J connectivity index is 2.20. The quantitative estimate of drug-likeness (QED) is 0.851. The minimum Gasteiger partial charge on any atom is -0.399 e. The molecule has 2 aromatic rings. The van der Waals surface area contributed by atoms with Gasteiger partial charge in [-0.05, 0) is 42.7 Å². The van der Waals surface area contributed by atoms with E-state index in [1.807, 2.05) is 48.2 Å². The van der Waals surface area contributed by atoms with Gasteiger partial charge in [0.1, 0.15) is 0 Å². The second kappa shape index (κ2) is 6.93. The molecular formula is C18H22N2O. The van der Waals surface area contributed by atoms with Gasteiger partial charge in [-0.2, -0.15) is 0 Å². The average Bonchev–Trinajstić information content (AvgIpc) is 2.50. The lowest BCUT2D eigenvalue weighted by Crippen LogP contribution is -2.31. The predicted molar refractivity (Wildman–Crippen MR) is 87.1 cm³/mol. The largest absolute Gasteiger partial charge is 0.399 e. The van der Waals surface area contributed by atoms with Crippen LogP contribution in [0.5, 0.6) is 0 Å². The number of nitrogens with zero attached hydrogens (tertiary/aromatic N) is 1. The van der Waals surface area contributed by atoms with Gasteiger partial charge in [0.2, 0.25) is 0 Å². The first-order valence-electron chi connectivity index (χ1n) is 7.31. The normalized spacial score (nSPS) is 10.4. The summed E-state index contributed by atoms with van der Waals surface area (Å²) < 4.78 is 0. The molecular weight excluding hydrogens is 260 g/mol. The van der Waals surface area contributed by atoms with E-state index in [0.29, 0.717) is 12.1 Å². The summed E-state index contributed by atoms with van der Waals surface area (Å²) in [6, 6.07) is 15.5. The maximum Gasteiger partial charge on any atom is 0.254 e. The molecule has 3 heteroatoms. The van der Waals surface area contributed by atoms with Gasteiger partial charge in [-0.25, -0.2) is 0 Å². The van der Waals surface area contributed by atoms with Crippen molar-refractivity contribution in [1.29, 1.82) is 0 Å². The lowest BCUT2D eigenvalue weighted by Gasteiger charge is -2.22. The number of nitrogens with two attached hydrogens (primary N) is 1. The lowest BCUT2D eigenvalue weighted by molar-refractivity contribution is 0.0743. The van der Waals surface area contributed by atoms with Crippen molar-refractivity contribution in [2.24, 2.45) is 0 Å². The summed E-state index contributed by atoms with van der Waals surface area (Å²) in [4.78, 5) is 14.6. The molecule has 0 heterocycles. The molecule has 0 radical (unpaired) electrons. The number of rotatable bonds is 5. The molecule has 0 fully saturated rings. The lowest BCUT2D eigenvalue weighted by atomic mass is 10.1. The topological polar surface area (TPSA) is 46.3 Å². The Morgan fingerprint density at radius 3 is 2.48 bits per heavy atom. The van der Waals surface area contributed by atoms with Crippen LogP contribution >= 0.6 is 0 Å². The summed E-state index contributed by atoms with van der Waals surface area (Å²) in [5, 5.41) is 0. The van der Waals surface area contributed by atoms with E-state index in [1.165, 1.54) is 0 Å². The number of hydrogen-bond acceptors (Lipinski definition) is 2. The number of carbonyl (C=O) groups is 1. The Morgan fingerprint density at radius 2 is 1.86 bits per heavy atom. The molecule has 0 saturated heterocycles. The molecule has 2 N–H and O–H groups in total. The highest BCUT2D eigenvalue weighted by Crippen LogP contribution is 2.16. The molecule has 2 rings (SSSR count). The molecule has 0 aliphatic heterocycles. The van der Waals surface area contributed by atoms with Crippen LogP contribution in [0.3, 0.4) is 0 Å². The highest BCUT2D eigenvalue weighted by atomic mass is 16.2. The number of aryl methyl sites for hydroxylation is 1. The molecule has 2 aromatic carbocycles. The zero-order valence-electron chi connectivity index (χ0n) is 12.7. The Labute approximate surface area is 126 Å². The monoisotopic (exact) mass is 282 g/mol. The van der Waals surface area contributed by atoms with Gasteiger partial charge < -0.3 is 10.6 Å². The van der Waals surface area contributed by atoms with Crippen LogP contribution in [-0.2, 0) is 6.54 Å². The second-order valence-electron chi connectivity index (χ2n) is 5.28. The first-order valence-corrected chi connectivity index (χ1v) is 7.31. The van der Waals surface area contributed by atoms with E-state index < -0.39 is 0 Å². The van der Waals surface area contributed by atoms with Crippen LogP contribution in [0.25, 0.3) is 0 Å². The molecule has 0 bridgehead atoms. The van der Waals surface area contributed by atoms with E-state index in [9.17, 15) is 4.79 Å². The van der Waals surface area contributed by atoms with Crippen molar-refractivity contribution in [3.8, 4) is 0 Å². The molecule has 0 atom stereocenters. The average molecular weight is 282 g/mol. The van der Waals surface area contributed by atoms with Crippen LogP contribution < -0.4 is 5.73 Å². The second-order valence-corrected chi connectivity index (χ2v) is 5.28. The maximum absolute atomic E-state index is 12.7. The van der Waals surface area contributed by atoms with Crippen molar-refractivity contribution in [2.75, 3.05) is 12.3 Å². The van der Waals surface area contributed by atoms with Crippen LogP contribution in [-0.4, -0.2) is 17.4 Å². The fourth-order valence-corrected chi connectivity index (χ4v) is 2.32. The number of hydrogen-bond donors (Lipinski definition) is 1. The Bertz CT molecular complexity index is 608. The molecule has 110 valence electrons. The van der Waals surface area contributed by atoms with Crippen molar-refractivity contribution >= 4 is 11.6 Å². The fraction of sp³-hybridized carbons (Fsp3) is 0.278. The molecule has 3 nitrogen and oxygen atoms in total. The van der Waals surface area contributed by atoms with Gasteiger partial charge in [0.05, 0.1) is 0 Å². The van der Waals surface area contributed by atoms with Gasteiger partial charge in [0.15, 0.2) is 0 Å². The van der Waals surface area contributed by atoms with Crippen LogP contribution in [0.1, 0.15) is 34.8 Å². The zero-order chi connectivity index (χ0) is 15.2. The van der Waals surface area contributed by atoms with Crippen molar-refractivity contribution < 1.29 is 4.79 Å². The van der Waals surface area contributed by atoms with E-state index in [4.69, 9.17) is 5.73 Å². The third-order valence-electron chi connectivity index (χ3n) is 3.51. The van der Waals surface area contributed by atoms with Gasteiger partial charge in [0, 0.05) is 24.3 Å². The molecule has 1 amide bonds. The van der Waals surface area contributed by atoms with E-state index in [1.54, 1.807) is 12.1 Å². The minimum atomic E-state index is 0.0591. The Kier molecular flexibility index (Phi) is 4.99.